The van der Waals surface area contributed by atoms with Crippen molar-refractivity contribution in [3.8, 4) is 11.5 Å². The fourth-order valence-electron chi connectivity index (χ4n) is 3.84. The number of nitrogens with one attached hydrogen (secondary N) is 1. The molecule has 1 N–H and O–H groups in total. The van der Waals surface area contributed by atoms with Crippen LogP contribution in [-0.2, 0) is 6.61 Å². The van der Waals surface area contributed by atoms with Gasteiger partial charge >= 0.3 is 0 Å². The van der Waals surface area contributed by atoms with Crippen LogP contribution in [0.15, 0.2) is 77.4 Å². The standard InChI is InChI=1S/C25H23BrN2O4/c1-2-31-24-13-18(12-22(26)25(24)32-16-17-8-4-3-5-9-17)21(15-28(29)30)20-14-27-23-11-7-6-10-19(20)23/h3-14,21,27H,2,15-16H2,1H3/t21-/m0/s1. The Morgan fingerprint density at radius 3 is 2.56 bits per heavy atom. The lowest BCUT2D eigenvalue weighted by Crippen LogP contribution is -2.14. The summed E-state index contributed by atoms with van der Waals surface area (Å²) in [5.41, 5.74) is 3.65. The van der Waals surface area contributed by atoms with Crippen LogP contribution >= 0.6 is 15.9 Å². The van der Waals surface area contributed by atoms with Gasteiger partial charge in [0.25, 0.3) is 0 Å². The molecule has 164 valence electrons. The van der Waals surface area contributed by atoms with Crippen LogP contribution in [0.1, 0.15) is 29.5 Å². The molecule has 3 aromatic carbocycles. The second kappa shape index (κ2) is 9.87. The van der Waals surface area contributed by atoms with Gasteiger partial charge in [-0.1, -0.05) is 48.5 Å². The van der Waals surface area contributed by atoms with Gasteiger partial charge in [-0.15, -0.1) is 0 Å². The van der Waals surface area contributed by atoms with E-state index in [1.165, 1.54) is 0 Å². The number of fused-ring (bicyclic) bond motifs is 1. The highest BCUT2D eigenvalue weighted by Gasteiger charge is 2.26. The van der Waals surface area contributed by atoms with Gasteiger partial charge in [0, 0.05) is 22.0 Å². The molecule has 0 unspecified atom stereocenters. The van der Waals surface area contributed by atoms with E-state index in [1.807, 2.05) is 79.9 Å². The van der Waals surface area contributed by atoms with E-state index in [4.69, 9.17) is 9.47 Å². The molecule has 6 nitrogen and oxygen atoms in total. The number of benzene rings is 3. The van der Waals surface area contributed by atoms with Crippen molar-refractivity contribution in [1.29, 1.82) is 0 Å². The lowest BCUT2D eigenvalue weighted by molar-refractivity contribution is -0.481. The number of aromatic amines is 1. The molecule has 1 aromatic heterocycles. The molecule has 0 amide bonds. The van der Waals surface area contributed by atoms with Gasteiger partial charge < -0.3 is 14.5 Å². The smallest absolute Gasteiger partial charge is 0.214 e. The predicted octanol–water partition coefficient (Wildman–Crippen LogP) is 6.32. The molecule has 0 radical (unpaired) electrons. The fourth-order valence-corrected chi connectivity index (χ4v) is 4.41. The van der Waals surface area contributed by atoms with Crippen molar-refractivity contribution in [2.75, 3.05) is 13.2 Å². The Hall–Kier alpha value is -3.32. The van der Waals surface area contributed by atoms with Crippen LogP contribution in [0.25, 0.3) is 10.9 Å². The SMILES string of the molecule is CCOc1cc([C@H](C[N+](=O)[O-])c2c[nH]c3ccccc23)cc(Br)c1OCc1ccccc1. The molecule has 32 heavy (non-hydrogen) atoms. The van der Waals surface area contributed by atoms with Crippen LogP contribution in [0.2, 0.25) is 0 Å². The van der Waals surface area contributed by atoms with Gasteiger partial charge in [-0.2, -0.15) is 0 Å². The molecule has 1 heterocycles. The second-order valence-electron chi connectivity index (χ2n) is 7.39. The van der Waals surface area contributed by atoms with E-state index >= 15 is 0 Å². The van der Waals surface area contributed by atoms with E-state index in [0.717, 1.165) is 27.6 Å². The van der Waals surface area contributed by atoms with E-state index in [9.17, 15) is 10.1 Å². The molecule has 0 aliphatic rings. The van der Waals surface area contributed by atoms with Crippen molar-refractivity contribution >= 4 is 26.8 Å². The van der Waals surface area contributed by atoms with Gasteiger partial charge in [0.15, 0.2) is 11.5 Å². The van der Waals surface area contributed by atoms with Crippen molar-refractivity contribution in [2.24, 2.45) is 0 Å². The average Bonchev–Trinajstić information content (AvgIpc) is 3.21. The summed E-state index contributed by atoms with van der Waals surface area (Å²) in [6, 6.07) is 21.4. The topological polar surface area (TPSA) is 77.4 Å². The summed E-state index contributed by atoms with van der Waals surface area (Å²) in [6.45, 7) is 2.50. The van der Waals surface area contributed by atoms with E-state index < -0.39 is 5.92 Å². The zero-order valence-electron chi connectivity index (χ0n) is 17.6. The summed E-state index contributed by atoms with van der Waals surface area (Å²) in [5.74, 6) is 0.694. The molecule has 4 aromatic rings. The molecular weight excluding hydrogens is 472 g/mol. The first kappa shape index (κ1) is 21.9. The first-order valence-corrected chi connectivity index (χ1v) is 11.2. The van der Waals surface area contributed by atoms with E-state index in [2.05, 4.69) is 20.9 Å². The number of hydrogen-bond acceptors (Lipinski definition) is 4. The summed E-state index contributed by atoms with van der Waals surface area (Å²) in [5, 5.41) is 12.5. The van der Waals surface area contributed by atoms with Crippen LogP contribution in [0.5, 0.6) is 11.5 Å². The first-order chi connectivity index (χ1) is 15.6. The number of rotatable bonds is 9. The van der Waals surface area contributed by atoms with E-state index in [-0.39, 0.29) is 11.5 Å². The van der Waals surface area contributed by atoms with Crippen LogP contribution in [0.3, 0.4) is 0 Å². The van der Waals surface area contributed by atoms with Crippen LogP contribution < -0.4 is 9.47 Å². The monoisotopic (exact) mass is 494 g/mol. The molecule has 0 saturated carbocycles. The highest BCUT2D eigenvalue weighted by Crippen LogP contribution is 2.41. The Kier molecular flexibility index (Phi) is 6.75. The van der Waals surface area contributed by atoms with Crippen molar-refractivity contribution < 1.29 is 14.4 Å². The molecule has 0 saturated heterocycles. The van der Waals surface area contributed by atoms with E-state index in [0.29, 0.717) is 29.2 Å². The summed E-state index contributed by atoms with van der Waals surface area (Å²) in [6.07, 6.45) is 1.85. The number of para-hydroxylation sites is 1. The maximum absolute atomic E-state index is 11.6. The van der Waals surface area contributed by atoms with Crippen molar-refractivity contribution in [1.82, 2.24) is 4.98 Å². The Morgan fingerprint density at radius 1 is 1.06 bits per heavy atom. The highest BCUT2D eigenvalue weighted by atomic mass is 79.9. The van der Waals surface area contributed by atoms with Gasteiger partial charge in [0.1, 0.15) is 6.61 Å². The third kappa shape index (κ3) is 4.78. The predicted molar refractivity (Wildman–Crippen MR) is 128 cm³/mol. The number of ether oxygens (including phenoxy) is 2. The quantitative estimate of drug-likeness (QED) is 0.218. The third-order valence-corrected chi connectivity index (χ3v) is 5.88. The summed E-state index contributed by atoms with van der Waals surface area (Å²) >= 11 is 3.61. The maximum atomic E-state index is 11.6. The Balaban J connectivity index is 1.73. The average molecular weight is 495 g/mol. The Morgan fingerprint density at radius 2 is 1.81 bits per heavy atom. The van der Waals surface area contributed by atoms with Crippen LogP contribution in [-0.4, -0.2) is 23.1 Å². The number of nitrogens with zero attached hydrogens (tertiary/aromatic N) is 1. The minimum absolute atomic E-state index is 0.232. The maximum Gasteiger partial charge on any atom is 0.214 e. The summed E-state index contributed by atoms with van der Waals surface area (Å²) in [7, 11) is 0. The minimum atomic E-state index is -0.445. The fraction of sp³-hybridized carbons (Fsp3) is 0.200. The van der Waals surface area contributed by atoms with Gasteiger partial charge in [-0.25, -0.2) is 0 Å². The lowest BCUT2D eigenvalue weighted by atomic mass is 9.90. The lowest BCUT2D eigenvalue weighted by Gasteiger charge is -2.19. The Bertz CT molecular complexity index is 1220. The molecule has 0 bridgehead atoms. The van der Waals surface area contributed by atoms with Crippen LogP contribution in [0.4, 0.5) is 0 Å². The molecule has 0 aliphatic carbocycles. The number of aromatic nitrogens is 1. The highest BCUT2D eigenvalue weighted by molar-refractivity contribution is 9.10. The summed E-state index contributed by atoms with van der Waals surface area (Å²) < 4.78 is 12.6. The zero-order chi connectivity index (χ0) is 22.5. The van der Waals surface area contributed by atoms with Crippen LogP contribution in [0, 0.1) is 10.1 Å². The second-order valence-corrected chi connectivity index (χ2v) is 8.25. The van der Waals surface area contributed by atoms with E-state index in [1.54, 1.807) is 0 Å². The Labute approximate surface area is 194 Å². The van der Waals surface area contributed by atoms with Gasteiger partial charge in [0.05, 0.1) is 17.0 Å². The van der Waals surface area contributed by atoms with Gasteiger partial charge in [-0.3, -0.25) is 10.1 Å². The molecule has 4 rings (SSSR count). The largest absolute Gasteiger partial charge is 0.490 e. The first-order valence-electron chi connectivity index (χ1n) is 10.4. The van der Waals surface area contributed by atoms with Gasteiger partial charge in [0.2, 0.25) is 6.54 Å². The van der Waals surface area contributed by atoms with Crippen molar-refractivity contribution in [3.05, 3.63) is 104 Å². The third-order valence-electron chi connectivity index (χ3n) is 5.29. The molecule has 0 fully saturated rings. The van der Waals surface area contributed by atoms with Crippen molar-refractivity contribution in [3.63, 3.8) is 0 Å². The number of H-pyrrole nitrogens is 1. The van der Waals surface area contributed by atoms with Crippen molar-refractivity contribution in [2.45, 2.75) is 19.4 Å². The molecule has 0 aliphatic heterocycles. The number of halogens is 1. The zero-order valence-corrected chi connectivity index (χ0v) is 19.2. The van der Waals surface area contributed by atoms with Gasteiger partial charge in [-0.05, 0) is 57.7 Å². The molecular formula is C25H23BrN2O4. The number of nitro groups is 1. The number of hydrogen-bond donors (Lipinski definition) is 1. The molecule has 7 heteroatoms. The molecule has 1 atom stereocenters. The minimum Gasteiger partial charge on any atom is -0.490 e. The normalized spacial score (nSPS) is 11.9. The summed E-state index contributed by atoms with van der Waals surface area (Å²) in [4.78, 5) is 14.5. The molecule has 0 spiro atoms.